The predicted molar refractivity (Wildman–Crippen MR) is 91.6 cm³/mol. The highest BCUT2D eigenvalue weighted by Gasteiger charge is 2.27. The molecule has 0 aromatic carbocycles. The van der Waals surface area contributed by atoms with Crippen molar-refractivity contribution in [2.24, 2.45) is 5.92 Å². The van der Waals surface area contributed by atoms with Crippen molar-refractivity contribution < 1.29 is 9.53 Å². The number of hydrogen-bond acceptors (Lipinski definition) is 4. The summed E-state index contributed by atoms with van der Waals surface area (Å²) < 4.78 is 5.47. The van der Waals surface area contributed by atoms with Crippen molar-refractivity contribution in [1.29, 1.82) is 0 Å². The third kappa shape index (κ3) is 5.01. The third-order valence-corrected chi connectivity index (χ3v) is 4.75. The molecule has 0 saturated carbocycles. The maximum absolute atomic E-state index is 12.3. The molecule has 0 radical (unpaired) electrons. The Bertz CT molecular complexity index is 480. The summed E-state index contributed by atoms with van der Waals surface area (Å²) in [5, 5.41) is 3.10. The zero-order valence-electron chi connectivity index (χ0n) is 14.5. The quantitative estimate of drug-likeness (QED) is 0.837. The van der Waals surface area contributed by atoms with Crippen LogP contribution < -0.4 is 5.32 Å². The minimum absolute atomic E-state index is 0.0401. The van der Waals surface area contributed by atoms with E-state index in [0.29, 0.717) is 24.1 Å². The number of hydrogen-bond donors (Lipinski definition) is 1. The summed E-state index contributed by atoms with van der Waals surface area (Å²) in [5.41, 5.74) is 1.55. The van der Waals surface area contributed by atoms with Gasteiger partial charge in [-0.2, -0.15) is 0 Å². The molecule has 0 aliphatic carbocycles. The van der Waals surface area contributed by atoms with E-state index in [2.05, 4.69) is 29.0 Å². The molecule has 1 aliphatic heterocycles. The molecule has 2 heterocycles. The number of nitrogens with one attached hydrogen (secondary N) is 1. The van der Waals surface area contributed by atoms with E-state index in [-0.39, 0.29) is 5.91 Å². The predicted octanol–water partition coefficient (Wildman–Crippen LogP) is 2.26. The second kappa shape index (κ2) is 8.99. The van der Waals surface area contributed by atoms with E-state index in [9.17, 15) is 4.79 Å². The van der Waals surface area contributed by atoms with Crippen LogP contribution in [0, 0.1) is 12.8 Å². The molecular formula is C18H29N3O2. The van der Waals surface area contributed by atoms with Crippen molar-refractivity contribution in [3.05, 3.63) is 29.6 Å². The zero-order chi connectivity index (χ0) is 16.7. The highest BCUT2D eigenvalue weighted by Crippen LogP contribution is 2.19. The first-order chi connectivity index (χ1) is 11.2. The van der Waals surface area contributed by atoms with E-state index in [4.69, 9.17) is 4.74 Å². The highest BCUT2D eigenvalue weighted by atomic mass is 16.5. The fourth-order valence-electron chi connectivity index (χ4n) is 3.24. The van der Waals surface area contributed by atoms with Crippen LogP contribution in [-0.4, -0.2) is 54.7 Å². The Hall–Kier alpha value is -1.46. The van der Waals surface area contributed by atoms with E-state index >= 15 is 0 Å². The molecular weight excluding hydrogens is 290 g/mol. The Balaban J connectivity index is 1.99. The minimum atomic E-state index is -0.0401. The summed E-state index contributed by atoms with van der Waals surface area (Å²) >= 11 is 0. The highest BCUT2D eigenvalue weighted by molar-refractivity contribution is 5.93. The minimum Gasteiger partial charge on any atom is -0.379 e. The fourth-order valence-corrected chi connectivity index (χ4v) is 3.24. The van der Waals surface area contributed by atoms with Gasteiger partial charge < -0.3 is 10.1 Å². The molecule has 128 valence electrons. The molecule has 0 spiro atoms. The van der Waals surface area contributed by atoms with Crippen molar-refractivity contribution in [3.8, 4) is 0 Å². The van der Waals surface area contributed by atoms with Gasteiger partial charge in [-0.15, -0.1) is 0 Å². The van der Waals surface area contributed by atoms with Crippen molar-refractivity contribution >= 4 is 5.91 Å². The standard InChI is InChI=1S/C18H29N3O2/c1-4-15(5-2)17(21-8-10-23-11-9-21)13-20-18(22)16-7-6-14(3)19-12-16/h6-7,12,15,17H,4-5,8-11,13H2,1-3H3,(H,20,22). The number of ether oxygens (including phenoxy) is 1. The van der Waals surface area contributed by atoms with Gasteiger partial charge >= 0.3 is 0 Å². The molecule has 1 atom stereocenters. The second-order valence-corrected chi connectivity index (χ2v) is 6.19. The van der Waals surface area contributed by atoms with Gasteiger partial charge in [0.05, 0.1) is 18.8 Å². The summed E-state index contributed by atoms with van der Waals surface area (Å²) in [7, 11) is 0. The van der Waals surface area contributed by atoms with Crippen molar-refractivity contribution in [2.45, 2.75) is 39.7 Å². The van der Waals surface area contributed by atoms with Crippen molar-refractivity contribution in [1.82, 2.24) is 15.2 Å². The summed E-state index contributed by atoms with van der Waals surface area (Å²) in [6.45, 7) is 10.5. The lowest BCUT2D eigenvalue weighted by atomic mass is 9.92. The SMILES string of the molecule is CCC(CC)C(CNC(=O)c1ccc(C)nc1)N1CCOCC1. The summed E-state index contributed by atoms with van der Waals surface area (Å²) in [4.78, 5) is 19.0. The topological polar surface area (TPSA) is 54.5 Å². The van der Waals surface area contributed by atoms with Crippen molar-refractivity contribution in [2.75, 3.05) is 32.8 Å². The summed E-state index contributed by atoms with van der Waals surface area (Å²) in [5.74, 6) is 0.547. The van der Waals surface area contributed by atoms with Crippen LogP contribution in [0.2, 0.25) is 0 Å². The van der Waals surface area contributed by atoms with Gasteiger partial charge in [-0.25, -0.2) is 0 Å². The number of aryl methyl sites for hydroxylation is 1. The van der Waals surface area contributed by atoms with E-state index in [1.54, 1.807) is 6.20 Å². The number of carbonyl (C=O) groups is 1. The van der Waals surface area contributed by atoms with Crippen LogP contribution in [0.1, 0.15) is 42.7 Å². The van der Waals surface area contributed by atoms with Gasteiger partial charge in [0, 0.05) is 37.6 Å². The molecule has 1 aromatic rings. The first kappa shape index (κ1) is 17.9. The average Bonchev–Trinajstić information content (AvgIpc) is 2.59. The number of morpholine rings is 1. The molecule has 0 bridgehead atoms. The normalized spacial score (nSPS) is 17.2. The van der Waals surface area contributed by atoms with Gasteiger partial charge in [0.2, 0.25) is 0 Å². The number of aromatic nitrogens is 1. The molecule has 5 nitrogen and oxygen atoms in total. The van der Waals surface area contributed by atoms with Gasteiger partial charge in [0.1, 0.15) is 0 Å². The molecule has 1 unspecified atom stereocenters. The van der Waals surface area contributed by atoms with Crippen LogP contribution in [-0.2, 0) is 4.74 Å². The Morgan fingerprint density at radius 2 is 2.00 bits per heavy atom. The molecule has 1 aromatic heterocycles. The monoisotopic (exact) mass is 319 g/mol. The van der Waals surface area contributed by atoms with Crippen LogP contribution in [0.25, 0.3) is 0 Å². The Morgan fingerprint density at radius 3 is 2.57 bits per heavy atom. The average molecular weight is 319 g/mol. The van der Waals surface area contributed by atoms with Crippen LogP contribution in [0.5, 0.6) is 0 Å². The lowest BCUT2D eigenvalue weighted by molar-refractivity contribution is 0.00191. The second-order valence-electron chi connectivity index (χ2n) is 6.19. The maximum atomic E-state index is 12.3. The molecule has 1 saturated heterocycles. The fraction of sp³-hybridized carbons (Fsp3) is 0.667. The van der Waals surface area contributed by atoms with Crippen LogP contribution in [0.4, 0.5) is 0 Å². The van der Waals surface area contributed by atoms with Gasteiger partial charge in [0.25, 0.3) is 5.91 Å². The summed E-state index contributed by atoms with van der Waals surface area (Å²) in [6.07, 6.45) is 3.90. The molecule has 1 aliphatic rings. The van der Waals surface area contributed by atoms with Crippen molar-refractivity contribution in [3.63, 3.8) is 0 Å². The van der Waals surface area contributed by atoms with Gasteiger partial charge in [0.15, 0.2) is 0 Å². The van der Waals surface area contributed by atoms with Gasteiger partial charge in [-0.05, 0) is 25.0 Å². The Kier molecular flexibility index (Phi) is 6.99. The van der Waals surface area contributed by atoms with Crippen LogP contribution in [0.3, 0.4) is 0 Å². The Labute approximate surface area is 139 Å². The molecule has 1 amide bonds. The summed E-state index contributed by atoms with van der Waals surface area (Å²) in [6, 6.07) is 4.07. The number of amides is 1. The van der Waals surface area contributed by atoms with E-state index < -0.39 is 0 Å². The van der Waals surface area contributed by atoms with Crippen LogP contribution >= 0.6 is 0 Å². The van der Waals surface area contributed by atoms with E-state index in [1.807, 2.05) is 19.1 Å². The third-order valence-electron chi connectivity index (χ3n) is 4.75. The van der Waals surface area contributed by atoms with E-state index in [1.165, 1.54) is 0 Å². The Morgan fingerprint density at radius 1 is 1.30 bits per heavy atom. The molecule has 5 heteroatoms. The molecule has 1 N–H and O–H groups in total. The molecule has 1 fully saturated rings. The van der Waals surface area contributed by atoms with Gasteiger partial charge in [-0.3, -0.25) is 14.7 Å². The zero-order valence-corrected chi connectivity index (χ0v) is 14.5. The number of nitrogens with zero attached hydrogens (tertiary/aromatic N) is 2. The molecule has 2 rings (SSSR count). The number of rotatable bonds is 7. The van der Waals surface area contributed by atoms with E-state index in [0.717, 1.165) is 44.8 Å². The molecule has 23 heavy (non-hydrogen) atoms. The van der Waals surface area contributed by atoms with Crippen LogP contribution in [0.15, 0.2) is 18.3 Å². The first-order valence-electron chi connectivity index (χ1n) is 8.68. The largest absolute Gasteiger partial charge is 0.379 e. The van der Waals surface area contributed by atoms with Gasteiger partial charge in [-0.1, -0.05) is 26.7 Å². The maximum Gasteiger partial charge on any atom is 0.252 e. The lowest BCUT2D eigenvalue weighted by Crippen LogP contribution is -2.52. The number of carbonyl (C=O) groups excluding carboxylic acids is 1. The number of pyridine rings is 1. The lowest BCUT2D eigenvalue weighted by Gasteiger charge is -2.38. The first-order valence-corrected chi connectivity index (χ1v) is 8.68. The smallest absolute Gasteiger partial charge is 0.252 e.